The minimum Gasteiger partial charge on any atom is -0.489 e. The van der Waals surface area contributed by atoms with Gasteiger partial charge in [0, 0.05) is 6.42 Å². The van der Waals surface area contributed by atoms with Gasteiger partial charge in [0.1, 0.15) is 12.4 Å². The molecule has 0 radical (unpaired) electrons. The fourth-order valence-corrected chi connectivity index (χ4v) is 1.74. The molecule has 0 saturated carbocycles. The van der Waals surface area contributed by atoms with Crippen LogP contribution in [0.3, 0.4) is 0 Å². The van der Waals surface area contributed by atoms with E-state index in [1.54, 1.807) is 0 Å². The lowest BCUT2D eigenvalue weighted by Gasteiger charge is -2.07. The lowest BCUT2D eigenvalue weighted by atomic mass is 10.1. The van der Waals surface area contributed by atoms with Crippen LogP contribution in [0.1, 0.15) is 17.5 Å². The van der Waals surface area contributed by atoms with Crippen LogP contribution < -0.4 is 4.74 Å². The van der Waals surface area contributed by atoms with Gasteiger partial charge in [-0.05, 0) is 29.7 Å². The molecule has 0 atom stereocenters. The predicted molar refractivity (Wildman–Crippen MR) is 80.4 cm³/mol. The van der Waals surface area contributed by atoms with Crippen LogP contribution >= 0.6 is 12.4 Å². The number of rotatable bonds is 6. The van der Waals surface area contributed by atoms with Crippen LogP contribution in [-0.4, -0.2) is 11.1 Å². The maximum absolute atomic E-state index is 10.5. The van der Waals surface area contributed by atoms with Crippen LogP contribution in [0.25, 0.3) is 0 Å². The molecular formula is C16H17ClO3. The average molecular weight is 293 g/mol. The first-order chi connectivity index (χ1) is 9.24. The van der Waals surface area contributed by atoms with Crippen molar-refractivity contribution in [1.82, 2.24) is 0 Å². The molecular weight excluding hydrogens is 276 g/mol. The van der Waals surface area contributed by atoms with Crippen molar-refractivity contribution in [2.45, 2.75) is 19.4 Å². The summed E-state index contributed by atoms with van der Waals surface area (Å²) >= 11 is 0. The van der Waals surface area contributed by atoms with E-state index in [9.17, 15) is 4.79 Å². The first-order valence-corrected chi connectivity index (χ1v) is 6.21. The Bertz CT molecular complexity index is 523. The summed E-state index contributed by atoms with van der Waals surface area (Å²) in [7, 11) is 0. The smallest absolute Gasteiger partial charge is 0.303 e. The minimum absolute atomic E-state index is 0. The molecule has 1 N–H and O–H groups in total. The molecule has 3 nitrogen and oxygen atoms in total. The van der Waals surface area contributed by atoms with E-state index in [-0.39, 0.29) is 18.8 Å². The first kappa shape index (κ1) is 16.1. The van der Waals surface area contributed by atoms with Gasteiger partial charge >= 0.3 is 5.97 Å². The summed E-state index contributed by atoms with van der Waals surface area (Å²) in [5, 5.41) is 8.61. The lowest BCUT2D eigenvalue weighted by Crippen LogP contribution is -1.98. The zero-order valence-electron chi connectivity index (χ0n) is 11.0. The van der Waals surface area contributed by atoms with Crippen LogP contribution in [0.2, 0.25) is 0 Å². The maximum atomic E-state index is 10.5. The van der Waals surface area contributed by atoms with Crippen molar-refractivity contribution in [2.24, 2.45) is 0 Å². The molecule has 0 saturated heterocycles. The molecule has 0 unspecified atom stereocenters. The van der Waals surface area contributed by atoms with Gasteiger partial charge < -0.3 is 9.84 Å². The highest BCUT2D eigenvalue weighted by molar-refractivity contribution is 5.85. The number of hydrogen-bond donors (Lipinski definition) is 1. The number of aliphatic carboxylic acids is 1. The van der Waals surface area contributed by atoms with E-state index in [1.165, 1.54) is 0 Å². The van der Waals surface area contributed by atoms with Crippen LogP contribution in [-0.2, 0) is 17.8 Å². The van der Waals surface area contributed by atoms with Crippen molar-refractivity contribution in [3.8, 4) is 5.75 Å². The van der Waals surface area contributed by atoms with Crippen molar-refractivity contribution in [2.75, 3.05) is 0 Å². The number of benzene rings is 2. The Morgan fingerprint density at radius 2 is 1.60 bits per heavy atom. The van der Waals surface area contributed by atoms with E-state index in [1.807, 2.05) is 54.6 Å². The van der Waals surface area contributed by atoms with E-state index in [0.717, 1.165) is 16.9 Å². The van der Waals surface area contributed by atoms with Crippen molar-refractivity contribution >= 4 is 18.4 Å². The zero-order chi connectivity index (χ0) is 13.5. The second kappa shape index (κ2) is 8.23. The van der Waals surface area contributed by atoms with Gasteiger partial charge in [0.15, 0.2) is 0 Å². The molecule has 0 aromatic heterocycles. The van der Waals surface area contributed by atoms with Gasteiger partial charge in [0.2, 0.25) is 0 Å². The Balaban J connectivity index is 0.00000200. The number of carboxylic acids is 1. The molecule has 0 aliphatic rings. The Labute approximate surface area is 124 Å². The molecule has 0 bridgehead atoms. The third-order valence-electron chi connectivity index (χ3n) is 2.80. The second-order valence-corrected chi connectivity index (χ2v) is 4.31. The summed E-state index contributed by atoms with van der Waals surface area (Å²) in [6.45, 7) is 0.537. The Hall–Kier alpha value is -2.00. The quantitative estimate of drug-likeness (QED) is 0.883. The normalized spacial score (nSPS) is 9.60. The van der Waals surface area contributed by atoms with E-state index < -0.39 is 5.97 Å². The molecule has 2 aromatic carbocycles. The molecule has 0 amide bonds. The topological polar surface area (TPSA) is 46.5 Å². The number of halogens is 1. The van der Waals surface area contributed by atoms with Gasteiger partial charge in [0.25, 0.3) is 0 Å². The molecule has 2 aromatic rings. The Morgan fingerprint density at radius 3 is 2.20 bits per heavy atom. The maximum Gasteiger partial charge on any atom is 0.303 e. The molecule has 0 spiro atoms. The molecule has 0 fully saturated rings. The van der Waals surface area contributed by atoms with E-state index in [4.69, 9.17) is 9.84 Å². The zero-order valence-corrected chi connectivity index (χ0v) is 11.8. The predicted octanol–water partition coefficient (Wildman–Crippen LogP) is 3.70. The third-order valence-corrected chi connectivity index (χ3v) is 2.80. The molecule has 0 aliphatic carbocycles. The first-order valence-electron chi connectivity index (χ1n) is 6.21. The van der Waals surface area contributed by atoms with E-state index in [0.29, 0.717) is 13.0 Å². The largest absolute Gasteiger partial charge is 0.489 e. The van der Waals surface area contributed by atoms with E-state index >= 15 is 0 Å². The average Bonchev–Trinajstić information content (AvgIpc) is 2.45. The molecule has 4 heteroatoms. The van der Waals surface area contributed by atoms with Crippen LogP contribution in [0, 0.1) is 0 Å². The standard InChI is InChI=1S/C16H16O3.ClH/c17-16(18)11-8-13-6-9-15(10-7-13)19-12-14-4-2-1-3-5-14;/h1-7,9-10H,8,11-12H2,(H,17,18);1H. The number of aryl methyl sites for hydroxylation is 1. The fourth-order valence-electron chi connectivity index (χ4n) is 1.74. The molecule has 0 heterocycles. The number of ether oxygens (including phenoxy) is 1. The lowest BCUT2D eigenvalue weighted by molar-refractivity contribution is -0.136. The van der Waals surface area contributed by atoms with Crippen LogP contribution in [0.15, 0.2) is 54.6 Å². The fraction of sp³-hybridized carbons (Fsp3) is 0.188. The monoisotopic (exact) mass is 292 g/mol. The Kier molecular flexibility index (Phi) is 6.60. The van der Waals surface area contributed by atoms with Gasteiger partial charge in [-0.3, -0.25) is 4.79 Å². The van der Waals surface area contributed by atoms with Crippen LogP contribution in [0.4, 0.5) is 0 Å². The minimum atomic E-state index is -0.774. The highest BCUT2D eigenvalue weighted by Crippen LogP contribution is 2.15. The van der Waals surface area contributed by atoms with Crippen molar-refractivity contribution in [3.05, 3.63) is 65.7 Å². The van der Waals surface area contributed by atoms with Gasteiger partial charge in [-0.1, -0.05) is 42.5 Å². The van der Waals surface area contributed by atoms with Crippen LogP contribution in [0.5, 0.6) is 5.75 Å². The Morgan fingerprint density at radius 1 is 0.950 bits per heavy atom. The van der Waals surface area contributed by atoms with Crippen molar-refractivity contribution < 1.29 is 14.6 Å². The van der Waals surface area contributed by atoms with Gasteiger partial charge in [-0.15, -0.1) is 12.4 Å². The highest BCUT2D eigenvalue weighted by Gasteiger charge is 2.00. The summed E-state index contributed by atoms with van der Waals surface area (Å²) in [4.78, 5) is 10.5. The summed E-state index contributed by atoms with van der Waals surface area (Å²) in [5.74, 6) is 0.0207. The number of carbonyl (C=O) groups is 1. The molecule has 0 aliphatic heterocycles. The number of hydrogen-bond acceptors (Lipinski definition) is 2. The summed E-state index contributed by atoms with van der Waals surface area (Å²) < 4.78 is 5.66. The summed E-state index contributed by atoms with van der Waals surface area (Å²) in [5.41, 5.74) is 2.13. The second-order valence-electron chi connectivity index (χ2n) is 4.31. The van der Waals surface area contributed by atoms with Gasteiger partial charge in [-0.2, -0.15) is 0 Å². The van der Waals surface area contributed by atoms with Gasteiger partial charge in [-0.25, -0.2) is 0 Å². The molecule has 106 valence electrons. The summed E-state index contributed by atoms with van der Waals surface area (Å²) in [6.07, 6.45) is 0.707. The van der Waals surface area contributed by atoms with E-state index in [2.05, 4.69) is 0 Å². The van der Waals surface area contributed by atoms with Crippen molar-refractivity contribution in [1.29, 1.82) is 0 Å². The molecule has 20 heavy (non-hydrogen) atoms. The SMILES string of the molecule is Cl.O=C(O)CCc1ccc(OCc2ccccc2)cc1. The summed E-state index contributed by atoms with van der Waals surface area (Å²) in [6, 6.07) is 17.5. The number of carboxylic acid groups (broad SMARTS) is 1. The highest BCUT2D eigenvalue weighted by atomic mass is 35.5. The molecule has 2 rings (SSSR count). The third kappa shape index (κ3) is 5.33. The van der Waals surface area contributed by atoms with Gasteiger partial charge in [0.05, 0.1) is 0 Å². The van der Waals surface area contributed by atoms with Crippen molar-refractivity contribution in [3.63, 3.8) is 0 Å².